The van der Waals surface area contributed by atoms with Gasteiger partial charge in [-0.15, -0.1) is 0 Å². The zero-order valence-corrected chi connectivity index (χ0v) is 14.8. The van der Waals surface area contributed by atoms with Gasteiger partial charge in [0.1, 0.15) is 0 Å². The van der Waals surface area contributed by atoms with Gasteiger partial charge in [-0.05, 0) is 49.2 Å². The van der Waals surface area contributed by atoms with Crippen LogP contribution in [0, 0.1) is 13.8 Å². The van der Waals surface area contributed by atoms with E-state index in [2.05, 4.69) is 5.32 Å². The minimum absolute atomic E-state index is 0.0514. The molecule has 0 saturated carbocycles. The third-order valence-electron chi connectivity index (χ3n) is 3.73. The number of benzene rings is 2. The highest BCUT2D eigenvalue weighted by atomic mass is 32.2. The quantitative estimate of drug-likeness (QED) is 0.843. The van der Waals surface area contributed by atoms with Gasteiger partial charge in [0.2, 0.25) is 0 Å². The minimum atomic E-state index is -3.72. The number of sulfonamides is 1. The van der Waals surface area contributed by atoms with E-state index in [1.165, 1.54) is 38.4 Å². The smallest absolute Gasteiger partial charge is 0.264 e. The molecule has 2 aromatic rings. The Balaban J connectivity index is 2.24. The number of rotatable bonds is 5. The van der Waals surface area contributed by atoms with E-state index in [1.807, 2.05) is 32.0 Å². The monoisotopic (exact) mass is 348 g/mol. The molecule has 0 aliphatic rings. The molecule has 0 fully saturated rings. The Bertz CT molecular complexity index is 825. The first kappa shape index (κ1) is 18.1. The molecule has 0 atom stereocenters. The first-order valence-corrected chi connectivity index (χ1v) is 8.72. The summed E-state index contributed by atoms with van der Waals surface area (Å²) in [4.78, 5) is 17.1. The maximum Gasteiger partial charge on any atom is 0.264 e. The number of hydrogen-bond donors (Lipinski definition) is 1. The van der Waals surface area contributed by atoms with Crippen molar-refractivity contribution in [3.8, 4) is 0 Å². The standard InChI is InChI=1S/C17H20N2O4S/c1-12-6-5-7-13(2)16(12)18-17(20)14-8-10-15(11-9-14)24(21,22)19(3)23-4/h5-11H,1-4H3,(H,18,20). The van der Waals surface area contributed by atoms with Gasteiger partial charge < -0.3 is 5.32 Å². The molecular weight excluding hydrogens is 328 g/mol. The van der Waals surface area contributed by atoms with Gasteiger partial charge >= 0.3 is 0 Å². The molecule has 0 bridgehead atoms. The van der Waals surface area contributed by atoms with E-state index < -0.39 is 10.0 Å². The highest BCUT2D eigenvalue weighted by Crippen LogP contribution is 2.21. The van der Waals surface area contributed by atoms with Crippen molar-refractivity contribution in [2.24, 2.45) is 0 Å². The van der Waals surface area contributed by atoms with E-state index in [-0.39, 0.29) is 10.8 Å². The van der Waals surface area contributed by atoms with Crippen molar-refractivity contribution in [1.29, 1.82) is 0 Å². The van der Waals surface area contributed by atoms with E-state index >= 15 is 0 Å². The van der Waals surface area contributed by atoms with Crippen LogP contribution in [-0.4, -0.2) is 33.0 Å². The Morgan fingerprint density at radius 1 is 1.04 bits per heavy atom. The van der Waals surface area contributed by atoms with Gasteiger partial charge in [0.15, 0.2) is 0 Å². The lowest BCUT2D eigenvalue weighted by molar-refractivity contribution is -0.0258. The average Bonchev–Trinajstić information content (AvgIpc) is 2.57. The molecule has 128 valence electrons. The number of carbonyl (C=O) groups excluding carboxylic acids is 1. The molecule has 2 aromatic carbocycles. The highest BCUT2D eigenvalue weighted by molar-refractivity contribution is 7.89. The summed E-state index contributed by atoms with van der Waals surface area (Å²) in [6.07, 6.45) is 0. The van der Waals surface area contributed by atoms with Crippen molar-refractivity contribution >= 4 is 21.6 Å². The number of para-hydroxylation sites is 1. The Kier molecular flexibility index (Phi) is 5.38. The van der Waals surface area contributed by atoms with Crippen LogP contribution in [0.5, 0.6) is 0 Å². The Morgan fingerprint density at radius 3 is 2.08 bits per heavy atom. The second-order valence-corrected chi connectivity index (χ2v) is 7.28. The van der Waals surface area contributed by atoms with E-state index in [9.17, 15) is 13.2 Å². The molecule has 0 aromatic heterocycles. The van der Waals surface area contributed by atoms with Crippen LogP contribution in [0.4, 0.5) is 5.69 Å². The number of carbonyl (C=O) groups is 1. The topological polar surface area (TPSA) is 75.7 Å². The molecule has 2 rings (SSSR count). The van der Waals surface area contributed by atoms with E-state index in [0.29, 0.717) is 5.56 Å². The van der Waals surface area contributed by atoms with Crippen molar-refractivity contribution < 1.29 is 18.0 Å². The van der Waals surface area contributed by atoms with Crippen LogP contribution in [0.25, 0.3) is 0 Å². The Hall–Kier alpha value is -2.22. The summed E-state index contributed by atoms with van der Waals surface area (Å²) in [5.74, 6) is -0.295. The Labute approximate surface area is 142 Å². The lowest BCUT2D eigenvalue weighted by atomic mass is 10.1. The predicted octanol–water partition coefficient (Wildman–Crippen LogP) is 2.74. The molecule has 1 amide bonds. The number of hydroxylamine groups is 1. The molecule has 1 N–H and O–H groups in total. The fourth-order valence-corrected chi connectivity index (χ4v) is 3.20. The summed E-state index contributed by atoms with van der Waals surface area (Å²) in [5.41, 5.74) is 3.06. The molecule has 6 nitrogen and oxygen atoms in total. The number of anilines is 1. The number of nitrogens with one attached hydrogen (secondary N) is 1. The first-order valence-electron chi connectivity index (χ1n) is 7.28. The van der Waals surface area contributed by atoms with Crippen LogP contribution >= 0.6 is 0 Å². The van der Waals surface area contributed by atoms with Crippen LogP contribution < -0.4 is 5.32 Å². The zero-order chi connectivity index (χ0) is 17.9. The summed E-state index contributed by atoms with van der Waals surface area (Å²) >= 11 is 0. The molecule has 24 heavy (non-hydrogen) atoms. The second-order valence-electron chi connectivity index (χ2n) is 5.34. The summed E-state index contributed by atoms with van der Waals surface area (Å²) in [6.45, 7) is 3.83. The van der Waals surface area contributed by atoms with Gasteiger partial charge in [-0.25, -0.2) is 8.42 Å². The summed E-state index contributed by atoms with van der Waals surface area (Å²) < 4.78 is 25.0. The van der Waals surface area contributed by atoms with Gasteiger partial charge in [0.05, 0.1) is 12.0 Å². The van der Waals surface area contributed by atoms with E-state index in [0.717, 1.165) is 21.3 Å². The second kappa shape index (κ2) is 7.12. The van der Waals surface area contributed by atoms with Gasteiger partial charge in [-0.3, -0.25) is 9.63 Å². The summed E-state index contributed by atoms with van der Waals surface area (Å²) in [5, 5.41) is 2.86. The molecule has 7 heteroatoms. The molecule has 0 saturated heterocycles. The molecule has 0 aliphatic heterocycles. The van der Waals surface area contributed by atoms with Crippen molar-refractivity contribution in [2.75, 3.05) is 19.5 Å². The highest BCUT2D eigenvalue weighted by Gasteiger charge is 2.21. The third-order valence-corrected chi connectivity index (χ3v) is 5.42. The fraction of sp³-hybridized carbons (Fsp3) is 0.235. The van der Waals surface area contributed by atoms with E-state index in [4.69, 9.17) is 4.84 Å². The fourth-order valence-electron chi connectivity index (χ4n) is 2.22. The number of aryl methyl sites for hydroxylation is 2. The van der Waals surface area contributed by atoms with Gasteiger partial charge in [-0.2, -0.15) is 0 Å². The van der Waals surface area contributed by atoms with E-state index in [1.54, 1.807) is 0 Å². The van der Waals surface area contributed by atoms with Crippen molar-refractivity contribution in [1.82, 2.24) is 4.47 Å². The first-order chi connectivity index (χ1) is 11.3. The average molecular weight is 348 g/mol. The zero-order valence-electron chi connectivity index (χ0n) is 14.0. The van der Waals surface area contributed by atoms with Crippen molar-refractivity contribution in [3.63, 3.8) is 0 Å². The largest absolute Gasteiger partial charge is 0.322 e. The number of amides is 1. The molecule has 0 radical (unpaired) electrons. The van der Waals surface area contributed by atoms with Gasteiger partial charge in [-0.1, -0.05) is 22.7 Å². The molecule has 0 unspecified atom stereocenters. The molecule has 0 spiro atoms. The lowest BCUT2D eigenvalue weighted by Gasteiger charge is -2.14. The molecule has 0 aliphatic carbocycles. The third kappa shape index (κ3) is 3.64. The molecular formula is C17H20N2O4S. The predicted molar refractivity (Wildman–Crippen MR) is 92.3 cm³/mol. The minimum Gasteiger partial charge on any atom is -0.322 e. The van der Waals surface area contributed by atoms with Crippen molar-refractivity contribution in [3.05, 3.63) is 59.2 Å². The normalized spacial score (nSPS) is 11.5. The summed E-state index contributed by atoms with van der Waals surface area (Å²) in [6, 6.07) is 11.5. The number of hydrogen-bond acceptors (Lipinski definition) is 4. The van der Waals surface area contributed by atoms with Crippen LogP contribution in [0.2, 0.25) is 0 Å². The SMILES string of the molecule is CON(C)S(=O)(=O)c1ccc(C(=O)Nc2c(C)cccc2C)cc1. The van der Waals surface area contributed by atoms with Gasteiger partial charge in [0.25, 0.3) is 15.9 Å². The van der Waals surface area contributed by atoms with Crippen LogP contribution in [-0.2, 0) is 14.9 Å². The van der Waals surface area contributed by atoms with Crippen molar-refractivity contribution in [2.45, 2.75) is 18.7 Å². The lowest BCUT2D eigenvalue weighted by Crippen LogP contribution is -2.25. The van der Waals surface area contributed by atoms with Gasteiger partial charge in [0, 0.05) is 18.3 Å². The maximum absolute atomic E-state index is 12.4. The van der Waals surface area contributed by atoms with Crippen LogP contribution in [0.15, 0.2) is 47.4 Å². The number of nitrogens with zero attached hydrogens (tertiary/aromatic N) is 1. The van der Waals surface area contributed by atoms with Crippen LogP contribution in [0.3, 0.4) is 0 Å². The summed E-state index contributed by atoms with van der Waals surface area (Å²) in [7, 11) is -1.15. The molecule has 0 heterocycles. The Morgan fingerprint density at radius 2 is 1.58 bits per heavy atom. The maximum atomic E-state index is 12.4. The van der Waals surface area contributed by atoms with Crippen LogP contribution in [0.1, 0.15) is 21.5 Å².